The van der Waals surface area contributed by atoms with E-state index in [4.69, 9.17) is 14.7 Å². The topological polar surface area (TPSA) is 71.3 Å². The quantitative estimate of drug-likeness (QED) is 0.843. The molecule has 0 unspecified atom stereocenters. The Hall–Kier alpha value is -2.22. The molecule has 0 aliphatic carbocycles. The van der Waals surface area contributed by atoms with Crippen molar-refractivity contribution in [3.63, 3.8) is 0 Å². The van der Waals surface area contributed by atoms with Crippen LogP contribution in [0.3, 0.4) is 0 Å². The summed E-state index contributed by atoms with van der Waals surface area (Å²) in [5.41, 5.74) is 0.483. The number of para-hydroxylation sites is 2. The highest BCUT2D eigenvalue weighted by molar-refractivity contribution is 5.86. The molecule has 0 spiro atoms. The predicted molar refractivity (Wildman–Crippen MR) is 58.2 cm³/mol. The third-order valence-electron chi connectivity index (χ3n) is 1.69. The summed E-state index contributed by atoms with van der Waals surface area (Å²) in [5, 5.41) is 10.9. The number of hydrogen-bond donors (Lipinski definition) is 1. The number of benzene rings is 1. The van der Waals surface area contributed by atoms with Crippen LogP contribution in [-0.4, -0.2) is 19.3 Å². The Bertz CT molecular complexity index is 398. The molecule has 1 N–H and O–H groups in total. The van der Waals surface area contributed by atoms with Gasteiger partial charge in [0.15, 0.2) is 6.61 Å². The van der Waals surface area contributed by atoms with Crippen LogP contribution < -0.4 is 10.1 Å². The Morgan fingerprint density at radius 1 is 1.50 bits per heavy atom. The smallest absolute Gasteiger partial charge is 0.411 e. The molecule has 1 rings (SSSR count). The van der Waals surface area contributed by atoms with E-state index in [0.717, 1.165) is 0 Å². The number of rotatable bonds is 4. The van der Waals surface area contributed by atoms with Gasteiger partial charge in [0.1, 0.15) is 11.8 Å². The van der Waals surface area contributed by atoms with Crippen LogP contribution >= 0.6 is 0 Å². The molecule has 0 aliphatic heterocycles. The largest absolute Gasteiger partial charge is 0.477 e. The monoisotopic (exact) mass is 220 g/mol. The molecule has 1 amide bonds. The highest BCUT2D eigenvalue weighted by Crippen LogP contribution is 2.23. The number of nitriles is 1. The Morgan fingerprint density at radius 2 is 2.25 bits per heavy atom. The zero-order valence-corrected chi connectivity index (χ0v) is 8.90. The number of amides is 1. The molecule has 0 atom stereocenters. The van der Waals surface area contributed by atoms with E-state index in [1.165, 1.54) is 0 Å². The van der Waals surface area contributed by atoms with Crippen LogP contribution in [0.4, 0.5) is 10.5 Å². The first kappa shape index (κ1) is 11.9. The summed E-state index contributed by atoms with van der Waals surface area (Å²) in [5.74, 6) is 0.442. The summed E-state index contributed by atoms with van der Waals surface area (Å²) in [6.45, 7) is 1.95. The number of nitrogens with one attached hydrogen (secondary N) is 1. The Labute approximate surface area is 93.6 Å². The molecule has 0 aliphatic rings. The van der Waals surface area contributed by atoms with E-state index in [0.29, 0.717) is 18.0 Å². The van der Waals surface area contributed by atoms with Crippen molar-refractivity contribution in [2.24, 2.45) is 0 Å². The first-order chi connectivity index (χ1) is 7.77. The van der Waals surface area contributed by atoms with Gasteiger partial charge in [-0.15, -0.1) is 0 Å². The van der Waals surface area contributed by atoms with Crippen LogP contribution in [0.2, 0.25) is 0 Å². The minimum absolute atomic E-state index is 0.0679. The van der Waals surface area contributed by atoms with Crippen LogP contribution in [0.15, 0.2) is 24.3 Å². The van der Waals surface area contributed by atoms with Crippen molar-refractivity contribution < 1.29 is 14.3 Å². The number of nitrogens with zero attached hydrogens (tertiary/aromatic N) is 1. The van der Waals surface area contributed by atoms with Gasteiger partial charge in [-0.2, -0.15) is 5.26 Å². The summed E-state index contributed by atoms with van der Waals surface area (Å²) < 4.78 is 9.87. The molecule has 0 saturated heterocycles. The summed E-state index contributed by atoms with van der Waals surface area (Å²) in [7, 11) is 0. The van der Waals surface area contributed by atoms with Crippen LogP contribution in [0.25, 0.3) is 0 Å². The van der Waals surface area contributed by atoms with E-state index in [-0.39, 0.29) is 6.61 Å². The molecule has 16 heavy (non-hydrogen) atoms. The van der Waals surface area contributed by atoms with E-state index in [1.807, 2.05) is 6.07 Å². The van der Waals surface area contributed by atoms with Crippen molar-refractivity contribution in [3.05, 3.63) is 24.3 Å². The summed E-state index contributed by atoms with van der Waals surface area (Å²) >= 11 is 0. The van der Waals surface area contributed by atoms with Crippen LogP contribution in [0.1, 0.15) is 6.92 Å². The fourth-order valence-electron chi connectivity index (χ4n) is 1.08. The van der Waals surface area contributed by atoms with E-state index in [9.17, 15) is 4.79 Å². The average Bonchev–Trinajstić information content (AvgIpc) is 2.28. The second kappa shape index (κ2) is 6.30. The lowest BCUT2D eigenvalue weighted by Crippen LogP contribution is -2.14. The maximum atomic E-state index is 11.2. The molecular formula is C11H12N2O3. The third kappa shape index (κ3) is 3.50. The van der Waals surface area contributed by atoms with Gasteiger partial charge in [-0.3, -0.25) is 5.32 Å². The third-order valence-corrected chi connectivity index (χ3v) is 1.69. The molecule has 0 radical (unpaired) electrons. The first-order valence-corrected chi connectivity index (χ1v) is 4.80. The van der Waals surface area contributed by atoms with Crippen molar-refractivity contribution in [1.29, 1.82) is 5.26 Å². The Morgan fingerprint density at radius 3 is 2.94 bits per heavy atom. The summed E-state index contributed by atoms with van der Waals surface area (Å²) in [4.78, 5) is 11.2. The second-order valence-electron chi connectivity index (χ2n) is 2.79. The van der Waals surface area contributed by atoms with Gasteiger partial charge in [0.2, 0.25) is 0 Å². The van der Waals surface area contributed by atoms with Gasteiger partial charge in [-0.25, -0.2) is 4.79 Å². The van der Waals surface area contributed by atoms with Crippen molar-refractivity contribution in [2.45, 2.75) is 6.92 Å². The van der Waals surface area contributed by atoms with E-state index in [2.05, 4.69) is 5.32 Å². The molecule has 0 heterocycles. The lowest BCUT2D eigenvalue weighted by molar-refractivity contribution is 0.168. The van der Waals surface area contributed by atoms with Gasteiger partial charge in [0.25, 0.3) is 0 Å². The number of hydrogen-bond acceptors (Lipinski definition) is 4. The number of ether oxygens (including phenoxy) is 2. The zero-order valence-electron chi connectivity index (χ0n) is 8.90. The second-order valence-corrected chi connectivity index (χ2v) is 2.79. The minimum atomic E-state index is -0.546. The fraction of sp³-hybridized carbons (Fsp3) is 0.273. The molecule has 0 aromatic heterocycles. The van der Waals surface area contributed by atoms with Crippen molar-refractivity contribution in [1.82, 2.24) is 0 Å². The molecule has 0 bridgehead atoms. The zero-order chi connectivity index (χ0) is 11.8. The van der Waals surface area contributed by atoms with Gasteiger partial charge >= 0.3 is 6.09 Å². The molecular weight excluding hydrogens is 208 g/mol. The van der Waals surface area contributed by atoms with E-state index in [1.54, 1.807) is 31.2 Å². The molecule has 5 heteroatoms. The van der Waals surface area contributed by atoms with Crippen LogP contribution in [-0.2, 0) is 4.74 Å². The lowest BCUT2D eigenvalue weighted by atomic mass is 10.3. The number of carbonyl (C=O) groups is 1. The highest BCUT2D eigenvalue weighted by Gasteiger charge is 2.07. The molecule has 0 fully saturated rings. The normalized spacial score (nSPS) is 9.00. The highest BCUT2D eigenvalue weighted by atomic mass is 16.5. The van der Waals surface area contributed by atoms with Crippen LogP contribution in [0, 0.1) is 11.3 Å². The van der Waals surface area contributed by atoms with Crippen molar-refractivity contribution >= 4 is 11.8 Å². The number of carbonyl (C=O) groups excluding carboxylic acids is 1. The first-order valence-electron chi connectivity index (χ1n) is 4.80. The van der Waals surface area contributed by atoms with Gasteiger partial charge in [0, 0.05) is 0 Å². The maximum absolute atomic E-state index is 11.2. The lowest BCUT2D eigenvalue weighted by Gasteiger charge is -2.09. The molecule has 84 valence electrons. The molecule has 0 saturated carbocycles. The Kier molecular flexibility index (Phi) is 4.67. The van der Waals surface area contributed by atoms with Gasteiger partial charge < -0.3 is 9.47 Å². The van der Waals surface area contributed by atoms with E-state index < -0.39 is 6.09 Å². The summed E-state index contributed by atoms with van der Waals surface area (Å²) in [6, 6.07) is 8.70. The fourth-order valence-corrected chi connectivity index (χ4v) is 1.08. The molecule has 1 aromatic carbocycles. The standard InChI is InChI=1S/C11H12N2O3/c1-2-15-11(14)13-9-5-3-4-6-10(9)16-8-7-12/h3-6H,2,8H2,1H3,(H,13,14). The summed E-state index contributed by atoms with van der Waals surface area (Å²) in [6.07, 6.45) is -0.546. The molecule has 5 nitrogen and oxygen atoms in total. The average molecular weight is 220 g/mol. The maximum Gasteiger partial charge on any atom is 0.411 e. The SMILES string of the molecule is CCOC(=O)Nc1ccccc1OCC#N. The van der Waals surface area contributed by atoms with E-state index >= 15 is 0 Å². The van der Waals surface area contributed by atoms with Gasteiger partial charge in [0.05, 0.1) is 12.3 Å². The minimum Gasteiger partial charge on any atom is -0.477 e. The van der Waals surface area contributed by atoms with Crippen molar-refractivity contribution in [3.8, 4) is 11.8 Å². The van der Waals surface area contributed by atoms with Crippen LogP contribution in [0.5, 0.6) is 5.75 Å². The predicted octanol–water partition coefficient (Wildman–Crippen LogP) is 2.16. The van der Waals surface area contributed by atoms with Gasteiger partial charge in [-0.1, -0.05) is 12.1 Å². The molecule has 1 aromatic rings. The van der Waals surface area contributed by atoms with Crippen molar-refractivity contribution in [2.75, 3.05) is 18.5 Å². The number of anilines is 1. The Balaban J connectivity index is 2.71. The van der Waals surface area contributed by atoms with Gasteiger partial charge in [-0.05, 0) is 19.1 Å².